The number of nitriles is 1. The van der Waals surface area contributed by atoms with Gasteiger partial charge in [0.05, 0.1) is 17.7 Å². The second kappa shape index (κ2) is 11.9. The summed E-state index contributed by atoms with van der Waals surface area (Å²) in [7, 11) is 0. The van der Waals surface area contributed by atoms with Crippen molar-refractivity contribution in [3.8, 4) is 23.3 Å². The molecule has 2 rings (SSSR count). The van der Waals surface area contributed by atoms with Gasteiger partial charge in [-0.3, -0.25) is 0 Å². The van der Waals surface area contributed by atoms with Crippen LogP contribution in [0.15, 0.2) is 46.4 Å². The molecule has 2 aromatic rings. The van der Waals surface area contributed by atoms with Gasteiger partial charge in [0.2, 0.25) is 0 Å². The van der Waals surface area contributed by atoms with Crippen molar-refractivity contribution in [3.05, 3.63) is 57.6 Å². The number of carbonyl (C=O) groups excluding carboxylic acids is 1. The van der Waals surface area contributed by atoms with Gasteiger partial charge < -0.3 is 18.9 Å². The Balaban J connectivity index is 2.15. The quantitative estimate of drug-likeness (QED) is 0.207. The van der Waals surface area contributed by atoms with E-state index in [1.54, 1.807) is 19.1 Å². The third kappa shape index (κ3) is 6.53. The zero-order chi connectivity index (χ0) is 21.9. The van der Waals surface area contributed by atoms with Crippen LogP contribution in [0.2, 0.25) is 0 Å². The molecule has 158 valence electrons. The van der Waals surface area contributed by atoms with Crippen molar-refractivity contribution in [1.29, 1.82) is 5.26 Å². The lowest BCUT2D eigenvalue weighted by atomic mass is 10.1. The van der Waals surface area contributed by atoms with Crippen LogP contribution in [0.3, 0.4) is 0 Å². The fourth-order valence-corrected chi connectivity index (χ4v) is 3.17. The van der Waals surface area contributed by atoms with Crippen LogP contribution in [0.1, 0.15) is 25.0 Å². The van der Waals surface area contributed by atoms with Crippen LogP contribution in [0.5, 0.6) is 17.2 Å². The first kappa shape index (κ1) is 23.3. The van der Waals surface area contributed by atoms with Crippen LogP contribution in [0.4, 0.5) is 0 Å². The molecule has 0 aliphatic heterocycles. The number of para-hydroxylation sites is 1. The molecule has 0 bridgehead atoms. The summed E-state index contributed by atoms with van der Waals surface area (Å²) in [6.07, 6.45) is 1.45. The van der Waals surface area contributed by atoms with Crippen molar-refractivity contribution in [1.82, 2.24) is 0 Å². The lowest BCUT2D eigenvalue weighted by Crippen LogP contribution is -2.11. The normalized spacial score (nSPS) is 10.8. The van der Waals surface area contributed by atoms with Gasteiger partial charge in [-0.25, -0.2) is 4.79 Å². The van der Waals surface area contributed by atoms with Gasteiger partial charge >= 0.3 is 5.97 Å². The summed E-state index contributed by atoms with van der Waals surface area (Å²) in [6.45, 7) is 6.84. The molecule has 6 nitrogen and oxygen atoms in total. The number of rotatable bonds is 10. The molecule has 0 aliphatic carbocycles. The number of hydrogen-bond acceptors (Lipinski definition) is 6. The lowest BCUT2D eigenvalue weighted by molar-refractivity contribution is -0.137. The van der Waals surface area contributed by atoms with E-state index >= 15 is 0 Å². The summed E-state index contributed by atoms with van der Waals surface area (Å²) in [4.78, 5) is 11.9. The first-order chi connectivity index (χ1) is 14.5. The van der Waals surface area contributed by atoms with Crippen molar-refractivity contribution in [3.63, 3.8) is 0 Å². The van der Waals surface area contributed by atoms with Crippen molar-refractivity contribution in [2.45, 2.75) is 20.8 Å². The Kier molecular flexibility index (Phi) is 9.23. The molecule has 30 heavy (non-hydrogen) atoms. The molecular formula is C23H24BrNO5. The van der Waals surface area contributed by atoms with Gasteiger partial charge in [-0.1, -0.05) is 18.2 Å². The van der Waals surface area contributed by atoms with Crippen LogP contribution in [-0.4, -0.2) is 32.4 Å². The van der Waals surface area contributed by atoms with Gasteiger partial charge in [-0.15, -0.1) is 0 Å². The van der Waals surface area contributed by atoms with Gasteiger partial charge in [0.1, 0.15) is 30.6 Å². The zero-order valence-corrected chi connectivity index (χ0v) is 18.8. The van der Waals surface area contributed by atoms with Crippen molar-refractivity contribution < 1.29 is 23.7 Å². The van der Waals surface area contributed by atoms with E-state index in [1.807, 2.05) is 44.2 Å². The molecule has 7 heteroatoms. The first-order valence-electron chi connectivity index (χ1n) is 9.56. The number of benzene rings is 2. The van der Waals surface area contributed by atoms with Crippen molar-refractivity contribution in [2.24, 2.45) is 0 Å². The Hall–Kier alpha value is -2.98. The number of carbonyl (C=O) groups is 1. The highest BCUT2D eigenvalue weighted by Crippen LogP contribution is 2.37. The monoisotopic (exact) mass is 473 g/mol. The second-order valence-corrected chi connectivity index (χ2v) is 6.97. The molecule has 0 fully saturated rings. The minimum absolute atomic E-state index is 0.0912. The Morgan fingerprint density at radius 1 is 1.07 bits per heavy atom. The van der Waals surface area contributed by atoms with E-state index in [1.165, 1.54) is 6.08 Å². The van der Waals surface area contributed by atoms with Crippen molar-refractivity contribution in [2.75, 3.05) is 26.4 Å². The van der Waals surface area contributed by atoms with E-state index in [2.05, 4.69) is 15.9 Å². The van der Waals surface area contributed by atoms with Gasteiger partial charge in [0.15, 0.2) is 11.5 Å². The highest BCUT2D eigenvalue weighted by atomic mass is 79.9. The van der Waals surface area contributed by atoms with E-state index < -0.39 is 5.97 Å². The van der Waals surface area contributed by atoms with Crippen LogP contribution in [-0.2, 0) is 9.53 Å². The maximum absolute atomic E-state index is 11.9. The van der Waals surface area contributed by atoms with E-state index in [4.69, 9.17) is 18.9 Å². The van der Waals surface area contributed by atoms with Crippen LogP contribution >= 0.6 is 15.9 Å². The molecule has 0 spiro atoms. The summed E-state index contributed by atoms with van der Waals surface area (Å²) in [5, 5.41) is 9.24. The van der Waals surface area contributed by atoms with Crippen molar-refractivity contribution >= 4 is 28.0 Å². The molecule has 0 amide bonds. The number of nitrogens with zero attached hydrogens (tertiary/aromatic N) is 1. The largest absolute Gasteiger partial charge is 0.490 e. The Bertz CT molecular complexity index is 949. The Morgan fingerprint density at radius 3 is 2.47 bits per heavy atom. The summed E-state index contributed by atoms with van der Waals surface area (Å²) in [5.74, 6) is 1.17. The second-order valence-electron chi connectivity index (χ2n) is 6.12. The van der Waals surface area contributed by atoms with Gasteiger partial charge in [-0.05, 0) is 72.1 Å². The number of esters is 1. The highest BCUT2D eigenvalue weighted by Gasteiger charge is 2.15. The third-order valence-corrected chi connectivity index (χ3v) is 4.53. The Labute approximate surface area is 185 Å². The molecule has 0 saturated heterocycles. The molecule has 2 aromatic carbocycles. The zero-order valence-electron chi connectivity index (χ0n) is 17.2. The van der Waals surface area contributed by atoms with Gasteiger partial charge in [-0.2, -0.15) is 5.26 Å². The van der Waals surface area contributed by atoms with Gasteiger partial charge in [0.25, 0.3) is 0 Å². The van der Waals surface area contributed by atoms with Crippen LogP contribution < -0.4 is 14.2 Å². The first-order valence-corrected chi connectivity index (χ1v) is 10.4. The lowest BCUT2D eigenvalue weighted by Gasteiger charge is -2.15. The highest BCUT2D eigenvalue weighted by molar-refractivity contribution is 9.10. The average Bonchev–Trinajstić information content (AvgIpc) is 2.72. The Morgan fingerprint density at radius 2 is 1.80 bits per heavy atom. The van der Waals surface area contributed by atoms with Gasteiger partial charge in [0, 0.05) is 0 Å². The molecule has 0 aliphatic rings. The van der Waals surface area contributed by atoms with Crippen LogP contribution in [0, 0.1) is 18.3 Å². The maximum atomic E-state index is 11.9. The fraction of sp³-hybridized carbons (Fsp3) is 0.304. The summed E-state index contributed by atoms with van der Waals surface area (Å²) >= 11 is 3.48. The van der Waals surface area contributed by atoms with E-state index in [0.717, 1.165) is 11.3 Å². The third-order valence-electron chi connectivity index (χ3n) is 3.94. The number of ether oxygens (including phenoxy) is 4. The smallest absolute Gasteiger partial charge is 0.348 e. The topological polar surface area (TPSA) is 77.8 Å². The molecule has 0 radical (unpaired) electrons. The molecule has 0 heterocycles. The average molecular weight is 474 g/mol. The summed E-state index contributed by atoms with van der Waals surface area (Å²) < 4.78 is 22.9. The molecule has 0 saturated carbocycles. The molecule has 0 atom stereocenters. The molecule has 0 N–H and O–H groups in total. The van der Waals surface area contributed by atoms with Crippen LogP contribution in [0.25, 0.3) is 6.08 Å². The predicted molar refractivity (Wildman–Crippen MR) is 118 cm³/mol. The maximum Gasteiger partial charge on any atom is 0.348 e. The summed E-state index contributed by atoms with van der Waals surface area (Å²) in [5.41, 5.74) is 1.57. The van der Waals surface area contributed by atoms with E-state index in [9.17, 15) is 10.1 Å². The summed E-state index contributed by atoms with van der Waals surface area (Å²) in [6, 6.07) is 13.1. The number of halogens is 1. The molecule has 0 aromatic heterocycles. The molecular weight excluding hydrogens is 450 g/mol. The van der Waals surface area contributed by atoms with E-state index in [-0.39, 0.29) is 12.2 Å². The standard InChI is InChI=1S/C23H24BrNO5/c1-4-27-21-14-17(12-18(15-25)23(26)28-5-2)13-19(24)22(21)30-11-10-29-20-9-7-6-8-16(20)3/h6-9,12-14H,4-5,10-11H2,1-3H3/b18-12-. The fourth-order valence-electron chi connectivity index (χ4n) is 2.60. The van der Waals surface area contributed by atoms with E-state index in [0.29, 0.717) is 41.4 Å². The molecule has 0 unspecified atom stereocenters. The number of hydrogen-bond donors (Lipinski definition) is 0. The minimum Gasteiger partial charge on any atom is -0.490 e. The minimum atomic E-state index is -0.664. The number of aryl methyl sites for hydroxylation is 1. The SMILES string of the molecule is CCOC(=O)/C(C#N)=C\c1cc(Br)c(OCCOc2ccccc2C)c(OCC)c1. The predicted octanol–water partition coefficient (Wildman–Crippen LogP) is 5.08.